The molecule has 0 bridgehead atoms. The third-order valence-electron chi connectivity index (χ3n) is 2.86. The van der Waals surface area contributed by atoms with Gasteiger partial charge in [0.25, 0.3) is 5.91 Å². The largest absolute Gasteiger partial charge is 0.349 e. The predicted molar refractivity (Wildman–Crippen MR) is 79.5 cm³/mol. The van der Waals surface area contributed by atoms with Crippen molar-refractivity contribution in [1.82, 2.24) is 5.32 Å². The van der Waals surface area contributed by atoms with Crippen molar-refractivity contribution in [2.45, 2.75) is 25.8 Å². The van der Waals surface area contributed by atoms with Crippen LogP contribution in [0.4, 0.5) is 5.69 Å². The summed E-state index contributed by atoms with van der Waals surface area (Å²) in [6, 6.07) is 7.26. The molecule has 2 N–H and O–H groups in total. The van der Waals surface area contributed by atoms with Crippen molar-refractivity contribution in [2.75, 3.05) is 5.32 Å². The Kier molecular flexibility index (Phi) is 4.71. The van der Waals surface area contributed by atoms with Gasteiger partial charge in [-0.3, -0.25) is 9.59 Å². The molecule has 1 aromatic rings. The van der Waals surface area contributed by atoms with Gasteiger partial charge in [0.15, 0.2) is 0 Å². The van der Waals surface area contributed by atoms with Crippen LogP contribution in [0.5, 0.6) is 0 Å². The van der Waals surface area contributed by atoms with Gasteiger partial charge in [0.1, 0.15) is 0 Å². The van der Waals surface area contributed by atoms with E-state index in [9.17, 15) is 9.59 Å². The third kappa shape index (κ3) is 4.39. The molecule has 1 aliphatic carbocycles. The lowest BCUT2D eigenvalue weighted by molar-refractivity contribution is -0.111. The first kappa shape index (κ1) is 14.1. The number of rotatable bonds is 5. The van der Waals surface area contributed by atoms with Gasteiger partial charge in [-0.25, -0.2) is 0 Å². The number of benzene rings is 1. The van der Waals surface area contributed by atoms with Crippen molar-refractivity contribution >= 4 is 17.5 Å². The minimum absolute atomic E-state index is 0.0898. The monoisotopic (exact) mass is 270 g/mol. The molecule has 104 valence electrons. The van der Waals surface area contributed by atoms with E-state index in [0.717, 1.165) is 12.8 Å². The number of amides is 2. The van der Waals surface area contributed by atoms with Gasteiger partial charge in [0.2, 0.25) is 5.91 Å². The molecule has 0 aliphatic heterocycles. The average molecular weight is 270 g/mol. The molecular weight excluding hydrogens is 252 g/mol. The fraction of sp³-hybridized carbons (Fsp3) is 0.250. The minimum atomic E-state index is -0.220. The minimum Gasteiger partial charge on any atom is -0.349 e. The summed E-state index contributed by atoms with van der Waals surface area (Å²) in [5.74, 6) is -0.309. The van der Waals surface area contributed by atoms with Crippen molar-refractivity contribution < 1.29 is 9.59 Å². The summed E-state index contributed by atoms with van der Waals surface area (Å²) in [6.45, 7) is 1.88. The van der Waals surface area contributed by atoms with Gasteiger partial charge >= 0.3 is 0 Å². The maximum absolute atomic E-state index is 11.9. The number of carbonyl (C=O) groups is 2. The molecule has 2 amide bonds. The van der Waals surface area contributed by atoms with Crippen LogP contribution in [-0.4, -0.2) is 17.9 Å². The van der Waals surface area contributed by atoms with Gasteiger partial charge in [-0.1, -0.05) is 24.3 Å². The first-order valence-corrected chi connectivity index (χ1v) is 6.70. The number of hydrogen-bond donors (Lipinski definition) is 2. The average Bonchev–Trinajstić information content (AvgIpc) is 3.23. The van der Waals surface area contributed by atoms with E-state index in [0.29, 0.717) is 17.3 Å². The molecule has 1 fully saturated rings. The summed E-state index contributed by atoms with van der Waals surface area (Å²) in [6.07, 6.45) is 8.83. The van der Waals surface area contributed by atoms with Crippen molar-refractivity contribution in [3.63, 3.8) is 0 Å². The number of allylic oxidation sites excluding steroid dienone is 3. The van der Waals surface area contributed by atoms with Crippen LogP contribution >= 0.6 is 0 Å². The van der Waals surface area contributed by atoms with Crippen molar-refractivity contribution in [1.29, 1.82) is 0 Å². The lowest BCUT2D eigenvalue weighted by Gasteiger charge is -2.06. The summed E-state index contributed by atoms with van der Waals surface area (Å²) in [4.78, 5) is 23.5. The highest BCUT2D eigenvalue weighted by Gasteiger charge is 2.23. The van der Waals surface area contributed by atoms with Crippen molar-refractivity contribution in [3.05, 3.63) is 54.1 Å². The van der Waals surface area contributed by atoms with Gasteiger partial charge < -0.3 is 10.6 Å². The van der Waals surface area contributed by atoms with Gasteiger partial charge in [0, 0.05) is 23.4 Å². The van der Waals surface area contributed by atoms with Crippen LogP contribution in [0.25, 0.3) is 0 Å². The lowest BCUT2D eigenvalue weighted by Crippen LogP contribution is -2.25. The summed E-state index contributed by atoms with van der Waals surface area (Å²) in [7, 11) is 0. The number of hydrogen-bond acceptors (Lipinski definition) is 2. The molecule has 0 aromatic heterocycles. The Labute approximate surface area is 118 Å². The van der Waals surface area contributed by atoms with Crippen LogP contribution in [0.2, 0.25) is 0 Å². The van der Waals surface area contributed by atoms with Crippen LogP contribution in [0.3, 0.4) is 0 Å². The van der Waals surface area contributed by atoms with E-state index in [4.69, 9.17) is 0 Å². The van der Waals surface area contributed by atoms with Crippen LogP contribution in [0.1, 0.15) is 30.1 Å². The second-order valence-corrected chi connectivity index (χ2v) is 4.70. The first-order valence-electron chi connectivity index (χ1n) is 6.70. The Hall–Kier alpha value is -2.36. The molecule has 0 unspecified atom stereocenters. The van der Waals surface area contributed by atoms with Crippen LogP contribution in [0.15, 0.2) is 48.6 Å². The molecule has 20 heavy (non-hydrogen) atoms. The fourth-order valence-electron chi connectivity index (χ4n) is 1.67. The molecule has 0 heterocycles. The molecule has 1 aliphatic rings. The molecule has 1 saturated carbocycles. The van der Waals surface area contributed by atoms with E-state index in [1.165, 1.54) is 6.08 Å². The molecule has 0 atom stereocenters. The second kappa shape index (κ2) is 6.70. The van der Waals surface area contributed by atoms with Crippen molar-refractivity contribution in [2.24, 2.45) is 0 Å². The van der Waals surface area contributed by atoms with Crippen LogP contribution in [0, 0.1) is 0 Å². The maximum atomic E-state index is 11.9. The zero-order valence-corrected chi connectivity index (χ0v) is 11.4. The Balaban J connectivity index is 1.97. The summed E-state index contributed by atoms with van der Waals surface area (Å²) >= 11 is 0. The van der Waals surface area contributed by atoms with E-state index < -0.39 is 0 Å². The SMILES string of the molecule is C/C=C/C=C/C(=O)Nc1cccc(C(=O)NC2CC2)c1. The highest BCUT2D eigenvalue weighted by Crippen LogP contribution is 2.20. The molecule has 1 aromatic carbocycles. The van der Waals surface area contributed by atoms with Gasteiger partial charge in [-0.2, -0.15) is 0 Å². The summed E-state index contributed by atoms with van der Waals surface area (Å²) < 4.78 is 0. The lowest BCUT2D eigenvalue weighted by atomic mass is 10.2. The Morgan fingerprint density at radius 3 is 2.75 bits per heavy atom. The topological polar surface area (TPSA) is 58.2 Å². The van der Waals surface area contributed by atoms with Gasteiger partial charge in [-0.05, 0) is 38.0 Å². The first-order chi connectivity index (χ1) is 9.69. The molecule has 2 rings (SSSR count). The van der Waals surface area contributed by atoms with Gasteiger partial charge in [-0.15, -0.1) is 0 Å². The Morgan fingerprint density at radius 2 is 2.05 bits per heavy atom. The molecule has 0 saturated heterocycles. The third-order valence-corrected chi connectivity index (χ3v) is 2.86. The van der Waals surface area contributed by atoms with E-state index in [2.05, 4.69) is 10.6 Å². The Bertz CT molecular complexity index is 557. The van der Waals surface area contributed by atoms with E-state index in [1.807, 2.05) is 13.0 Å². The molecule has 4 nitrogen and oxygen atoms in total. The zero-order valence-electron chi connectivity index (χ0n) is 11.4. The maximum Gasteiger partial charge on any atom is 0.251 e. The highest BCUT2D eigenvalue weighted by molar-refractivity contribution is 6.01. The van der Waals surface area contributed by atoms with Crippen LogP contribution in [-0.2, 0) is 4.79 Å². The fourth-order valence-corrected chi connectivity index (χ4v) is 1.67. The van der Waals surface area contributed by atoms with Gasteiger partial charge in [0.05, 0.1) is 0 Å². The van der Waals surface area contributed by atoms with Crippen molar-refractivity contribution in [3.8, 4) is 0 Å². The number of nitrogens with one attached hydrogen (secondary N) is 2. The normalized spacial score (nSPS) is 14.7. The van der Waals surface area contributed by atoms with E-state index in [-0.39, 0.29) is 11.8 Å². The standard InChI is InChI=1S/C16H18N2O2/c1-2-3-4-8-15(19)17-14-7-5-6-12(11-14)16(20)18-13-9-10-13/h2-8,11,13H,9-10H2,1H3,(H,17,19)(H,18,20)/b3-2+,8-4+. The van der Waals surface area contributed by atoms with E-state index >= 15 is 0 Å². The molecule has 4 heteroatoms. The Morgan fingerprint density at radius 1 is 1.25 bits per heavy atom. The summed E-state index contributed by atoms with van der Waals surface area (Å²) in [5.41, 5.74) is 1.18. The van der Waals surface area contributed by atoms with E-state index in [1.54, 1.807) is 36.4 Å². The number of carbonyl (C=O) groups excluding carboxylic acids is 2. The summed E-state index contributed by atoms with van der Waals surface area (Å²) in [5, 5.41) is 5.64. The molecule has 0 radical (unpaired) electrons. The quantitative estimate of drug-likeness (QED) is 0.638. The second-order valence-electron chi connectivity index (χ2n) is 4.70. The zero-order chi connectivity index (χ0) is 14.4. The number of anilines is 1. The van der Waals surface area contributed by atoms with Crippen LogP contribution < -0.4 is 10.6 Å². The molecular formula is C16H18N2O2. The molecule has 0 spiro atoms. The predicted octanol–water partition coefficient (Wildman–Crippen LogP) is 2.65. The highest BCUT2D eigenvalue weighted by atomic mass is 16.2. The smallest absolute Gasteiger partial charge is 0.251 e.